The molecule has 0 saturated carbocycles. The molecule has 114 valence electrons. The average molecular weight is 280 g/mol. The van der Waals surface area contributed by atoms with Crippen LogP contribution < -0.4 is 10.2 Å². The number of hydrogen-bond donors (Lipinski definition) is 1. The number of likely N-dealkylation sites (N-methyl/N-ethyl adjacent to an activating group) is 1. The second kappa shape index (κ2) is 7.07. The van der Waals surface area contributed by atoms with Crippen LogP contribution >= 0.6 is 0 Å². The van der Waals surface area contributed by atoms with Crippen molar-refractivity contribution in [3.8, 4) is 0 Å². The van der Waals surface area contributed by atoms with Gasteiger partial charge in [0.1, 0.15) is 0 Å². The van der Waals surface area contributed by atoms with Gasteiger partial charge in [0.25, 0.3) is 5.95 Å². The van der Waals surface area contributed by atoms with Crippen LogP contribution in [0.2, 0.25) is 0 Å². The quantitative estimate of drug-likeness (QED) is 0.868. The van der Waals surface area contributed by atoms with Crippen LogP contribution in [0.4, 0.5) is 5.95 Å². The van der Waals surface area contributed by atoms with Crippen molar-refractivity contribution in [2.75, 3.05) is 24.5 Å². The molecule has 2 atom stereocenters. The van der Waals surface area contributed by atoms with E-state index in [0.29, 0.717) is 12.0 Å². The van der Waals surface area contributed by atoms with Crippen LogP contribution in [-0.4, -0.2) is 35.8 Å². The molecule has 0 aliphatic carbocycles. The van der Waals surface area contributed by atoms with Gasteiger partial charge in [-0.2, -0.15) is 4.98 Å². The summed E-state index contributed by atoms with van der Waals surface area (Å²) < 4.78 is 5.57. The highest BCUT2D eigenvalue weighted by Crippen LogP contribution is 2.28. The molecule has 1 aliphatic rings. The Morgan fingerprint density at radius 2 is 1.90 bits per heavy atom. The summed E-state index contributed by atoms with van der Waals surface area (Å²) in [5.74, 6) is 2.28. The molecular formula is C15H28N4O. The number of nitrogens with zero attached hydrogens (tertiary/aromatic N) is 3. The minimum Gasteiger partial charge on any atom is -0.338 e. The summed E-state index contributed by atoms with van der Waals surface area (Å²) in [6.07, 6.45) is 3.77. The zero-order valence-electron chi connectivity index (χ0n) is 13.2. The average Bonchev–Trinajstić information content (AvgIpc) is 2.89. The Kier molecular flexibility index (Phi) is 5.40. The molecule has 2 unspecified atom stereocenters. The molecule has 20 heavy (non-hydrogen) atoms. The van der Waals surface area contributed by atoms with E-state index in [1.807, 2.05) is 0 Å². The summed E-state index contributed by atoms with van der Waals surface area (Å²) in [6.45, 7) is 11.8. The number of aromatic nitrogens is 2. The Morgan fingerprint density at radius 3 is 2.50 bits per heavy atom. The van der Waals surface area contributed by atoms with Gasteiger partial charge >= 0.3 is 0 Å². The van der Waals surface area contributed by atoms with Gasteiger partial charge < -0.3 is 14.7 Å². The van der Waals surface area contributed by atoms with E-state index in [-0.39, 0.29) is 5.92 Å². The molecule has 0 amide bonds. The summed E-state index contributed by atoms with van der Waals surface area (Å²) in [5.41, 5.74) is 0. The van der Waals surface area contributed by atoms with Gasteiger partial charge in [0.15, 0.2) is 0 Å². The molecule has 1 aliphatic heterocycles. The summed E-state index contributed by atoms with van der Waals surface area (Å²) in [7, 11) is 0. The second-order valence-corrected chi connectivity index (χ2v) is 6.10. The fraction of sp³-hybridized carbons (Fsp3) is 0.867. The maximum Gasteiger partial charge on any atom is 0.266 e. The molecule has 0 bridgehead atoms. The summed E-state index contributed by atoms with van der Waals surface area (Å²) in [4.78, 5) is 6.91. The first-order valence-corrected chi connectivity index (χ1v) is 7.95. The zero-order chi connectivity index (χ0) is 14.5. The summed E-state index contributed by atoms with van der Waals surface area (Å²) in [6, 6.07) is 0.342. The fourth-order valence-corrected chi connectivity index (χ4v) is 3.11. The van der Waals surface area contributed by atoms with Gasteiger partial charge in [-0.1, -0.05) is 20.8 Å². The highest BCUT2D eigenvalue weighted by atomic mass is 16.5. The minimum atomic E-state index is 0.265. The van der Waals surface area contributed by atoms with Crippen molar-refractivity contribution in [2.24, 2.45) is 5.92 Å². The van der Waals surface area contributed by atoms with E-state index in [4.69, 9.17) is 4.52 Å². The predicted molar refractivity (Wildman–Crippen MR) is 81.1 cm³/mol. The Balaban J connectivity index is 2.11. The molecule has 0 radical (unpaired) electrons. The van der Waals surface area contributed by atoms with Crippen molar-refractivity contribution in [3.05, 3.63) is 5.89 Å². The van der Waals surface area contributed by atoms with E-state index in [1.165, 1.54) is 19.3 Å². The van der Waals surface area contributed by atoms with Gasteiger partial charge in [0.05, 0.1) is 5.92 Å². The molecular weight excluding hydrogens is 252 g/mol. The first kappa shape index (κ1) is 15.3. The first-order valence-electron chi connectivity index (χ1n) is 7.95. The summed E-state index contributed by atoms with van der Waals surface area (Å²) in [5, 5.41) is 7.67. The van der Waals surface area contributed by atoms with E-state index < -0.39 is 0 Å². The third-order valence-corrected chi connectivity index (χ3v) is 4.14. The lowest BCUT2D eigenvalue weighted by molar-refractivity contribution is 0.281. The van der Waals surface area contributed by atoms with Crippen molar-refractivity contribution in [2.45, 2.75) is 58.9 Å². The van der Waals surface area contributed by atoms with Crippen LogP contribution in [0.1, 0.15) is 58.8 Å². The standard InChI is InChI=1S/C15H28N4O/c1-5-16-12(4)13(11(2)3)14-17-15(18-20-14)19-9-7-6-8-10-19/h11-13,16H,5-10H2,1-4H3. The maximum atomic E-state index is 5.57. The molecule has 0 aromatic carbocycles. The third kappa shape index (κ3) is 3.51. The SMILES string of the molecule is CCNC(C)C(c1nc(N2CCCCC2)no1)C(C)C. The Labute approximate surface area is 122 Å². The van der Waals surface area contributed by atoms with Gasteiger partial charge in [-0.25, -0.2) is 0 Å². The molecule has 1 saturated heterocycles. The van der Waals surface area contributed by atoms with Crippen LogP contribution in [0.3, 0.4) is 0 Å². The number of nitrogens with one attached hydrogen (secondary N) is 1. The van der Waals surface area contributed by atoms with Crippen molar-refractivity contribution < 1.29 is 4.52 Å². The molecule has 1 fully saturated rings. The lowest BCUT2D eigenvalue weighted by Crippen LogP contribution is -2.35. The van der Waals surface area contributed by atoms with Crippen LogP contribution in [0, 0.1) is 5.92 Å². The van der Waals surface area contributed by atoms with Gasteiger partial charge in [-0.05, 0) is 43.8 Å². The number of piperidine rings is 1. The van der Waals surface area contributed by atoms with Gasteiger partial charge in [0, 0.05) is 19.1 Å². The van der Waals surface area contributed by atoms with E-state index in [0.717, 1.165) is 31.5 Å². The minimum absolute atomic E-state index is 0.265. The molecule has 1 aromatic heterocycles. The smallest absolute Gasteiger partial charge is 0.266 e. The Hall–Kier alpha value is -1.10. The molecule has 1 N–H and O–H groups in total. The van der Waals surface area contributed by atoms with Crippen molar-refractivity contribution in [1.29, 1.82) is 0 Å². The topological polar surface area (TPSA) is 54.2 Å². The molecule has 1 aromatic rings. The molecule has 0 spiro atoms. The monoisotopic (exact) mass is 280 g/mol. The number of hydrogen-bond acceptors (Lipinski definition) is 5. The third-order valence-electron chi connectivity index (χ3n) is 4.14. The van der Waals surface area contributed by atoms with E-state index >= 15 is 0 Å². The van der Waals surface area contributed by atoms with Crippen LogP contribution in [0.5, 0.6) is 0 Å². The van der Waals surface area contributed by atoms with Gasteiger partial charge in [-0.15, -0.1) is 0 Å². The Morgan fingerprint density at radius 1 is 1.20 bits per heavy atom. The molecule has 2 heterocycles. The fourth-order valence-electron chi connectivity index (χ4n) is 3.11. The number of rotatable bonds is 6. The van der Waals surface area contributed by atoms with E-state index in [1.54, 1.807) is 0 Å². The zero-order valence-corrected chi connectivity index (χ0v) is 13.2. The summed E-state index contributed by atoms with van der Waals surface area (Å²) >= 11 is 0. The van der Waals surface area contributed by atoms with Crippen LogP contribution in [0.15, 0.2) is 4.52 Å². The van der Waals surface area contributed by atoms with Crippen molar-refractivity contribution in [1.82, 2.24) is 15.5 Å². The van der Waals surface area contributed by atoms with Crippen molar-refractivity contribution >= 4 is 5.95 Å². The number of anilines is 1. The second-order valence-electron chi connectivity index (χ2n) is 6.10. The molecule has 5 heteroatoms. The largest absolute Gasteiger partial charge is 0.338 e. The predicted octanol–water partition coefficient (Wildman–Crippen LogP) is 2.80. The Bertz CT molecular complexity index is 398. The highest BCUT2D eigenvalue weighted by Gasteiger charge is 2.29. The highest BCUT2D eigenvalue weighted by molar-refractivity contribution is 5.28. The molecule has 5 nitrogen and oxygen atoms in total. The van der Waals surface area contributed by atoms with Crippen molar-refractivity contribution in [3.63, 3.8) is 0 Å². The molecule has 2 rings (SSSR count). The van der Waals surface area contributed by atoms with Crippen LogP contribution in [0.25, 0.3) is 0 Å². The van der Waals surface area contributed by atoms with Crippen LogP contribution in [-0.2, 0) is 0 Å². The normalized spacial score (nSPS) is 19.4. The van der Waals surface area contributed by atoms with Gasteiger partial charge in [0.2, 0.25) is 5.89 Å². The first-order chi connectivity index (χ1) is 9.63. The maximum absolute atomic E-state index is 5.57. The lowest BCUT2D eigenvalue weighted by Gasteiger charge is -2.25. The van der Waals surface area contributed by atoms with E-state index in [2.05, 4.69) is 48.1 Å². The van der Waals surface area contributed by atoms with E-state index in [9.17, 15) is 0 Å². The van der Waals surface area contributed by atoms with Gasteiger partial charge in [-0.3, -0.25) is 0 Å². The lowest BCUT2D eigenvalue weighted by atomic mass is 9.89.